The number of para-hydroxylation sites is 1. The summed E-state index contributed by atoms with van der Waals surface area (Å²) < 4.78 is 7.03. The van der Waals surface area contributed by atoms with Gasteiger partial charge in [0.15, 0.2) is 0 Å². The van der Waals surface area contributed by atoms with Crippen molar-refractivity contribution in [2.75, 3.05) is 12.4 Å². The fraction of sp³-hybridized carbons (Fsp3) is 0.238. The minimum atomic E-state index is -0.737. The Morgan fingerprint density at radius 3 is 2.97 bits per heavy atom. The van der Waals surface area contributed by atoms with Crippen LogP contribution in [0.15, 0.2) is 60.0 Å². The maximum Gasteiger partial charge on any atom is 0.271 e. The standard InChI is InChI=1S/C21H21N5O3/c1-14-6-5-7-15(10-14)12-26-13-22-21(24-26)23-20(27)19-11-17(25-29-19)16-8-3-4-9-18(16)28-2/h3-10,13,19H,11-12H2,1-2H3,(H,23,24,27). The van der Waals surface area contributed by atoms with Crippen LogP contribution in [0.2, 0.25) is 0 Å². The van der Waals surface area contributed by atoms with E-state index in [1.165, 1.54) is 5.56 Å². The van der Waals surface area contributed by atoms with Gasteiger partial charge in [-0.2, -0.15) is 0 Å². The van der Waals surface area contributed by atoms with E-state index in [9.17, 15) is 4.79 Å². The maximum absolute atomic E-state index is 12.5. The molecule has 1 aliphatic rings. The van der Waals surface area contributed by atoms with E-state index < -0.39 is 6.10 Å². The van der Waals surface area contributed by atoms with Gasteiger partial charge in [-0.15, -0.1) is 5.10 Å². The Bertz CT molecular complexity index is 1060. The summed E-state index contributed by atoms with van der Waals surface area (Å²) in [6.45, 7) is 2.62. The number of rotatable bonds is 6. The fourth-order valence-electron chi connectivity index (χ4n) is 3.18. The smallest absolute Gasteiger partial charge is 0.271 e. The first-order valence-corrected chi connectivity index (χ1v) is 9.24. The highest BCUT2D eigenvalue weighted by Gasteiger charge is 2.30. The maximum atomic E-state index is 12.5. The predicted molar refractivity (Wildman–Crippen MR) is 108 cm³/mol. The van der Waals surface area contributed by atoms with E-state index in [0.717, 1.165) is 11.1 Å². The second-order valence-electron chi connectivity index (χ2n) is 6.78. The predicted octanol–water partition coefficient (Wildman–Crippen LogP) is 2.78. The molecule has 29 heavy (non-hydrogen) atoms. The van der Waals surface area contributed by atoms with Crippen LogP contribution in [0.4, 0.5) is 5.95 Å². The Labute approximate surface area is 168 Å². The summed E-state index contributed by atoms with van der Waals surface area (Å²) in [5.74, 6) is 0.580. The second-order valence-corrected chi connectivity index (χ2v) is 6.78. The SMILES string of the molecule is COc1ccccc1C1=NOC(C(=O)Nc2ncn(Cc3cccc(C)c3)n2)C1. The van der Waals surface area contributed by atoms with Crippen LogP contribution in [0.5, 0.6) is 5.75 Å². The third-order valence-corrected chi connectivity index (χ3v) is 4.58. The zero-order chi connectivity index (χ0) is 20.2. The molecule has 0 aliphatic carbocycles. The van der Waals surface area contributed by atoms with Gasteiger partial charge >= 0.3 is 0 Å². The van der Waals surface area contributed by atoms with Gasteiger partial charge in [0.25, 0.3) is 5.91 Å². The van der Waals surface area contributed by atoms with Gasteiger partial charge in [-0.1, -0.05) is 47.1 Å². The van der Waals surface area contributed by atoms with E-state index in [2.05, 4.69) is 26.6 Å². The normalized spacial score (nSPS) is 15.5. The third kappa shape index (κ3) is 4.26. The summed E-state index contributed by atoms with van der Waals surface area (Å²) in [5.41, 5.74) is 3.77. The Morgan fingerprint density at radius 2 is 2.14 bits per heavy atom. The Balaban J connectivity index is 1.36. The lowest BCUT2D eigenvalue weighted by Gasteiger charge is -2.08. The number of hydrogen-bond acceptors (Lipinski definition) is 6. The fourth-order valence-corrected chi connectivity index (χ4v) is 3.18. The molecule has 0 saturated heterocycles. The van der Waals surface area contributed by atoms with Gasteiger partial charge in [0.2, 0.25) is 12.1 Å². The zero-order valence-electron chi connectivity index (χ0n) is 16.2. The van der Waals surface area contributed by atoms with Crippen LogP contribution < -0.4 is 10.1 Å². The molecule has 1 N–H and O–H groups in total. The number of nitrogens with one attached hydrogen (secondary N) is 1. The van der Waals surface area contributed by atoms with E-state index in [1.54, 1.807) is 18.1 Å². The van der Waals surface area contributed by atoms with Gasteiger partial charge in [0, 0.05) is 12.0 Å². The van der Waals surface area contributed by atoms with E-state index in [1.807, 2.05) is 49.4 Å². The average molecular weight is 391 g/mol. The molecule has 0 saturated carbocycles. The molecule has 1 amide bonds. The molecule has 1 unspecified atom stereocenters. The van der Waals surface area contributed by atoms with E-state index in [-0.39, 0.29) is 11.9 Å². The number of benzene rings is 2. The summed E-state index contributed by atoms with van der Waals surface area (Å²) in [6.07, 6.45) is 1.19. The minimum Gasteiger partial charge on any atom is -0.496 e. The Kier molecular flexibility index (Phi) is 5.24. The van der Waals surface area contributed by atoms with Crippen molar-refractivity contribution in [1.29, 1.82) is 0 Å². The van der Waals surface area contributed by atoms with Crippen molar-refractivity contribution < 1.29 is 14.4 Å². The molecule has 4 rings (SSSR count). The van der Waals surface area contributed by atoms with Crippen molar-refractivity contribution in [1.82, 2.24) is 14.8 Å². The largest absolute Gasteiger partial charge is 0.496 e. The number of carbonyl (C=O) groups excluding carboxylic acids is 1. The molecule has 3 aromatic rings. The molecule has 0 spiro atoms. The molecule has 1 atom stereocenters. The molecule has 1 aliphatic heterocycles. The lowest BCUT2D eigenvalue weighted by molar-refractivity contribution is -0.125. The number of oxime groups is 1. The van der Waals surface area contributed by atoms with E-state index >= 15 is 0 Å². The van der Waals surface area contributed by atoms with Gasteiger partial charge < -0.3 is 9.57 Å². The quantitative estimate of drug-likeness (QED) is 0.698. The van der Waals surface area contributed by atoms with Crippen LogP contribution in [0.1, 0.15) is 23.1 Å². The van der Waals surface area contributed by atoms with Gasteiger partial charge in [-0.25, -0.2) is 9.67 Å². The molecule has 0 bridgehead atoms. The van der Waals surface area contributed by atoms with Gasteiger partial charge in [-0.3, -0.25) is 10.1 Å². The molecular weight excluding hydrogens is 370 g/mol. The highest BCUT2D eigenvalue weighted by atomic mass is 16.6. The minimum absolute atomic E-state index is 0.233. The van der Waals surface area contributed by atoms with Crippen LogP contribution in [0.25, 0.3) is 0 Å². The summed E-state index contributed by atoms with van der Waals surface area (Å²) >= 11 is 0. The van der Waals surface area contributed by atoms with Crippen molar-refractivity contribution in [3.05, 3.63) is 71.5 Å². The van der Waals surface area contributed by atoms with Gasteiger partial charge in [0.05, 0.1) is 19.4 Å². The van der Waals surface area contributed by atoms with Crippen LogP contribution in [-0.4, -0.2) is 39.6 Å². The number of carbonyl (C=O) groups is 1. The van der Waals surface area contributed by atoms with Gasteiger partial charge in [-0.05, 0) is 24.6 Å². The molecule has 148 valence electrons. The molecule has 1 aromatic heterocycles. The van der Waals surface area contributed by atoms with Crippen LogP contribution >= 0.6 is 0 Å². The Hall–Kier alpha value is -3.68. The van der Waals surface area contributed by atoms with Crippen molar-refractivity contribution in [3.63, 3.8) is 0 Å². The van der Waals surface area contributed by atoms with E-state index in [4.69, 9.17) is 9.57 Å². The first-order chi connectivity index (χ1) is 14.1. The first-order valence-electron chi connectivity index (χ1n) is 9.24. The molecule has 8 heteroatoms. The molecule has 2 aromatic carbocycles. The topological polar surface area (TPSA) is 90.6 Å². The number of hydrogen-bond donors (Lipinski definition) is 1. The number of ether oxygens (including phenoxy) is 1. The summed E-state index contributed by atoms with van der Waals surface area (Å²) in [7, 11) is 1.60. The van der Waals surface area contributed by atoms with Crippen molar-refractivity contribution in [2.45, 2.75) is 26.0 Å². The molecule has 2 heterocycles. The van der Waals surface area contributed by atoms with Crippen LogP contribution in [0, 0.1) is 6.92 Å². The lowest BCUT2D eigenvalue weighted by Crippen LogP contribution is -2.28. The molecule has 0 fully saturated rings. The van der Waals surface area contributed by atoms with Crippen LogP contribution in [0.3, 0.4) is 0 Å². The first kappa shape index (κ1) is 18.7. The summed E-state index contributed by atoms with van der Waals surface area (Å²) in [4.78, 5) is 22.0. The summed E-state index contributed by atoms with van der Waals surface area (Å²) in [6, 6.07) is 15.6. The summed E-state index contributed by atoms with van der Waals surface area (Å²) in [5, 5.41) is 11.1. The number of amides is 1. The number of methoxy groups -OCH3 is 1. The van der Waals surface area contributed by atoms with Gasteiger partial charge in [0.1, 0.15) is 12.1 Å². The molecular formula is C21H21N5O3. The highest BCUT2D eigenvalue weighted by molar-refractivity contribution is 6.07. The lowest BCUT2D eigenvalue weighted by atomic mass is 10.0. The monoisotopic (exact) mass is 391 g/mol. The second kappa shape index (κ2) is 8.14. The van der Waals surface area contributed by atoms with E-state index in [0.29, 0.717) is 24.4 Å². The van der Waals surface area contributed by atoms with Crippen molar-refractivity contribution in [2.24, 2.45) is 5.16 Å². The Morgan fingerprint density at radius 1 is 1.28 bits per heavy atom. The zero-order valence-corrected chi connectivity index (χ0v) is 16.2. The van der Waals surface area contributed by atoms with Crippen molar-refractivity contribution >= 4 is 17.6 Å². The average Bonchev–Trinajstić information content (AvgIpc) is 3.38. The molecule has 8 nitrogen and oxygen atoms in total. The molecule has 0 radical (unpaired) electrons. The highest BCUT2D eigenvalue weighted by Crippen LogP contribution is 2.24. The number of anilines is 1. The van der Waals surface area contributed by atoms with Crippen molar-refractivity contribution in [3.8, 4) is 5.75 Å². The number of nitrogens with zero attached hydrogens (tertiary/aromatic N) is 4. The van der Waals surface area contributed by atoms with Crippen LogP contribution in [-0.2, 0) is 16.2 Å². The number of aryl methyl sites for hydroxylation is 1. The third-order valence-electron chi connectivity index (χ3n) is 4.58. The number of aromatic nitrogens is 3.